The van der Waals surface area contributed by atoms with Crippen LogP contribution in [0.25, 0.3) is 0 Å². The molecular weight excluding hydrogens is 358 g/mol. The van der Waals surface area contributed by atoms with E-state index in [-0.39, 0.29) is 23.9 Å². The topological polar surface area (TPSA) is 116 Å². The maximum absolute atomic E-state index is 12.5. The van der Waals surface area contributed by atoms with Gasteiger partial charge in [0.1, 0.15) is 0 Å². The highest BCUT2D eigenvalue weighted by molar-refractivity contribution is 7.89. The molecule has 8 nitrogen and oxygen atoms in total. The molecule has 3 N–H and O–H groups in total. The smallest absolute Gasteiger partial charge is 0.315 e. The zero-order valence-corrected chi connectivity index (χ0v) is 16.2. The number of urea groups is 1. The number of hydrogen-bond acceptors (Lipinski definition) is 4. The largest absolute Gasteiger partial charge is 0.481 e. The van der Waals surface area contributed by atoms with Gasteiger partial charge in [0.25, 0.3) is 0 Å². The number of carboxylic acids is 1. The van der Waals surface area contributed by atoms with Crippen LogP contribution in [0.2, 0.25) is 0 Å². The van der Waals surface area contributed by atoms with E-state index >= 15 is 0 Å². The number of hydrogen-bond donors (Lipinski definition) is 3. The summed E-state index contributed by atoms with van der Waals surface area (Å²) in [5.41, 5.74) is 0.768. The third-order valence-corrected chi connectivity index (χ3v) is 5.99. The standard InChI is InChI=1S/C17H27N3O5S/c1-4-20(5-2)26(24,25)15-10-8-14(9-11-15)13(3)19-17(23)18-12-6-7-16(21)22/h8-11,13H,4-7,12H2,1-3H3,(H,21,22)(H2,18,19,23). The Bertz CT molecular complexity index is 700. The van der Waals surface area contributed by atoms with E-state index in [0.717, 1.165) is 5.56 Å². The summed E-state index contributed by atoms with van der Waals surface area (Å²) in [7, 11) is -3.50. The molecule has 0 bridgehead atoms. The summed E-state index contributed by atoms with van der Waals surface area (Å²) >= 11 is 0. The molecule has 0 aromatic heterocycles. The second-order valence-corrected chi connectivity index (χ2v) is 7.72. The van der Waals surface area contributed by atoms with Crippen LogP contribution < -0.4 is 10.6 Å². The van der Waals surface area contributed by atoms with Crippen molar-refractivity contribution in [3.63, 3.8) is 0 Å². The van der Waals surface area contributed by atoms with E-state index < -0.39 is 22.0 Å². The van der Waals surface area contributed by atoms with E-state index in [4.69, 9.17) is 5.11 Å². The van der Waals surface area contributed by atoms with Crippen molar-refractivity contribution in [3.05, 3.63) is 29.8 Å². The van der Waals surface area contributed by atoms with Crippen molar-refractivity contribution < 1.29 is 23.1 Å². The normalized spacial score (nSPS) is 12.6. The molecule has 0 saturated carbocycles. The second kappa shape index (κ2) is 10.1. The first-order valence-corrected chi connectivity index (χ1v) is 10.0. The van der Waals surface area contributed by atoms with Gasteiger partial charge in [-0.3, -0.25) is 4.79 Å². The second-order valence-electron chi connectivity index (χ2n) is 5.78. The van der Waals surface area contributed by atoms with Gasteiger partial charge in [-0.1, -0.05) is 26.0 Å². The fourth-order valence-corrected chi connectivity index (χ4v) is 3.87. The molecule has 0 aliphatic rings. The molecule has 0 heterocycles. The zero-order valence-electron chi connectivity index (χ0n) is 15.4. The Morgan fingerprint density at radius 1 is 1.15 bits per heavy atom. The minimum atomic E-state index is -3.50. The number of carbonyl (C=O) groups is 2. The third kappa shape index (κ3) is 6.30. The third-order valence-electron chi connectivity index (χ3n) is 3.92. The summed E-state index contributed by atoms with van der Waals surface area (Å²) in [6.07, 6.45) is 0.355. The SMILES string of the molecule is CCN(CC)S(=O)(=O)c1ccc(C(C)NC(=O)NCCCC(=O)O)cc1. The predicted octanol–water partition coefficient (Wildman–Crippen LogP) is 1.94. The Kier molecular flexibility index (Phi) is 8.53. The summed E-state index contributed by atoms with van der Waals surface area (Å²) in [5, 5.41) is 13.9. The van der Waals surface area contributed by atoms with Crippen molar-refractivity contribution in [1.29, 1.82) is 0 Å². The molecule has 0 radical (unpaired) electrons. The maximum Gasteiger partial charge on any atom is 0.315 e. The van der Waals surface area contributed by atoms with Crippen LogP contribution in [0, 0.1) is 0 Å². The van der Waals surface area contributed by atoms with Gasteiger partial charge in [-0.05, 0) is 31.0 Å². The number of rotatable bonds is 10. The van der Waals surface area contributed by atoms with Crippen LogP contribution in [-0.2, 0) is 14.8 Å². The summed E-state index contributed by atoms with van der Waals surface area (Å²) < 4.78 is 26.3. The lowest BCUT2D eigenvalue weighted by Crippen LogP contribution is -2.37. The first kappa shape index (κ1) is 21.9. The molecule has 0 spiro atoms. The summed E-state index contributed by atoms with van der Waals surface area (Å²) in [4.78, 5) is 22.4. The molecule has 1 aromatic rings. The van der Waals surface area contributed by atoms with Gasteiger partial charge < -0.3 is 15.7 Å². The van der Waals surface area contributed by atoms with E-state index in [2.05, 4.69) is 10.6 Å². The number of carboxylic acid groups (broad SMARTS) is 1. The van der Waals surface area contributed by atoms with Crippen LogP contribution in [0.15, 0.2) is 29.2 Å². The molecule has 2 amide bonds. The van der Waals surface area contributed by atoms with Gasteiger partial charge in [0.05, 0.1) is 10.9 Å². The predicted molar refractivity (Wildman–Crippen MR) is 98.4 cm³/mol. The molecule has 146 valence electrons. The highest BCUT2D eigenvalue weighted by Crippen LogP contribution is 2.19. The first-order chi connectivity index (χ1) is 12.2. The highest BCUT2D eigenvalue weighted by atomic mass is 32.2. The molecule has 0 saturated heterocycles. The monoisotopic (exact) mass is 385 g/mol. The molecule has 26 heavy (non-hydrogen) atoms. The molecule has 1 atom stereocenters. The van der Waals surface area contributed by atoms with Crippen molar-refractivity contribution in [2.75, 3.05) is 19.6 Å². The van der Waals surface area contributed by atoms with Crippen molar-refractivity contribution in [3.8, 4) is 0 Å². The van der Waals surface area contributed by atoms with E-state index in [1.165, 1.54) is 16.4 Å². The van der Waals surface area contributed by atoms with Crippen molar-refractivity contribution in [2.45, 2.75) is 44.6 Å². The zero-order chi connectivity index (χ0) is 19.7. The summed E-state index contributed by atoms with van der Waals surface area (Å²) in [5.74, 6) is -0.902. The molecule has 1 aromatic carbocycles. The fourth-order valence-electron chi connectivity index (χ4n) is 2.41. The molecule has 0 aliphatic carbocycles. The van der Waals surface area contributed by atoms with Crippen molar-refractivity contribution >= 4 is 22.0 Å². The highest BCUT2D eigenvalue weighted by Gasteiger charge is 2.21. The van der Waals surface area contributed by atoms with Gasteiger partial charge in [-0.15, -0.1) is 0 Å². The summed E-state index contributed by atoms with van der Waals surface area (Å²) in [6.45, 7) is 6.44. The van der Waals surface area contributed by atoms with Gasteiger partial charge in [-0.25, -0.2) is 13.2 Å². The van der Waals surface area contributed by atoms with Crippen LogP contribution in [0.4, 0.5) is 4.79 Å². The maximum atomic E-state index is 12.5. The lowest BCUT2D eigenvalue weighted by atomic mass is 10.1. The van der Waals surface area contributed by atoms with Gasteiger partial charge in [-0.2, -0.15) is 4.31 Å². The quantitative estimate of drug-likeness (QED) is 0.532. The molecule has 0 aliphatic heterocycles. The van der Waals surface area contributed by atoms with Crippen LogP contribution in [0.1, 0.15) is 45.2 Å². The molecule has 1 rings (SSSR count). The van der Waals surface area contributed by atoms with Crippen molar-refractivity contribution in [2.24, 2.45) is 0 Å². The van der Waals surface area contributed by atoms with Crippen LogP contribution in [0.5, 0.6) is 0 Å². The van der Waals surface area contributed by atoms with E-state index in [0.29, 0.717) is 19.5 Å². The fraction of sp³-hybridized carbons (Fsp3) is 0.529. The molecule has 1 unspecified atom stereocenters. The van der Waals surface area contributed by atoms with E-state index in [1.807, 2.05) is 0 Å². The Morgan fingerprint density at radius 2 is 1.73 bits per heavy atom. The first-order valence-electron chi connectivity index (χ1n) is 8.58. The Balaban J connectivity index is 2.65. The number of aliphatic carboxylic acids is 1. The molecule has 9 heteroatoms. The average Bonchev–Trinajstić information content (AvgIpc) is 2.59. The van der Waals surface area contributed by atoms with Crippen molar-refractivity contribution in [1.82, 2.24) is 14.9 Å². The minimum absolute atomic E-state index is 0.00168. The summed E-state index contributed by atoms with van der Waals surface area (Å²) in [6, 6.07) is 5.69. The van der Waals surface area contributed by atoms with Gasteiger partial charge in [0.15, 0.2) is 0 Å². The van der Waals surface area contributed by atoms with Gasteiger partial charge >= 0.3 is 12.0 Å². The number of nitrogens with one attached hydrogen (secondary N) is 2. The van der Waals surface area contributed by atoms with Crippen LogP contribution in [0.3, 0.4) is 0 Å². The molecule has 0 fully saturated rings. The number of carbonyl (C=O) groups excluding carboxylic acids is 1. The Hall–Kier alpha value is -2.13. The van der Waals surface area contributed by atoms with Gasteiger partial charge in [0, 0.05) is 26.1 Å². The molecular formula is C17H27N3O5S. The number of nitrogens with zero attached hydrogens (tertiary/aromatic N) is 1. The minimum Gasteiger partial charge on any atom is -0.481 e. The van der Waals surface area contributed by atoms with E-state index in [1.54, 1.807) is 32.9 Å². The number of amides is 2. The lowest BCUT2D eigenvalue weighted by Gasteiger charge is -2.19. The average molecular weight is 385 g/mol. The Morgan fingerprint density at radius 3 is 2.23 bits per heavy atom. The lowest BCUT2D eigenvalue weighted by molar-refractivity contribution is -0.137. The number of benzene rings is 1. The van der Waals surface area contributed by atoms with Crippen LogP contribution >= 0.6 is 0 Å². The van der Waals surface area contributed by atoms with E-state index in [9.17, 15) is 18.0 Å². The Labute approximate surface area is 154 Å². The number of sulfonamides is 1. The van der Waals surface area contributed by atoms with Gasteiger partial charge in [0.2, 0.25) is 10.0 Å². The van der Waals surface area contributed by atoms with Crippen LogP contribution in [-0.4, -0.2) is 49.5 Å².